The predicted molar refractivity (Wildman–Crippen MR) is 166 cm³/mol. The van der Waals surface area contributed by atoms with Crippen molar-refractivity contribution in [3.8, 4) is 0 Å². The quantitative estimate of drug-likeness (QED) is 0.308. The van der Waals surface area contributed by atoms with Crippen LogP contribution in [0.2, 0.25) is 0 Å². The maximum absolute atomic E-state index is 14.3. The minimum absolute atomic E-state index is 0.0604. The number of carbonyl (C=O) groups excluding carboxylic acids is 4. The Labute approximate surface area is 273 Å². The fourth-order valence-corrected chi connectivity index (χ4v) is 8.31. The highest BCUT2D eigenvalue weighted by atomic mass is 32.1. The molecule has 0 spiro atoms. The van der Waals surface area contributed by atoms with Gasteiger partial charge in [0.1, 0.15) is 18.6 Å². The normalized spacial score (nSPS) is 26.0. The first-order chi connectivity index (χ1) is 22.2. The van der Waals surface area contributed by atoms with Crippen molar-refractivity contribution in [1.29, 1.82) is 0 Å². The van der Waals surface area contributed by atoms with Crippen LogP contribution in [-0.4, -0.2) is 116 Å². The molecule has 1 aliphatic carbocycles. The second-order valence-corrected chi connectivity index (χ2v) is 15.3. The Hall–Kier alpha value is -3.48. The molecule has 6 rings (SSSR count). The van der Waals surface area contributed by atoms with Crippen LogP contribution in [0.15, 0.2) is 24.3 Å². The molecule has 1 aromatic carbocycles. The van der Waals surface area contributed by atoms with Crippen molar-refractivity contribution < 1.29 is 42.3 Å². The smallest absolute Gasteiger partial charge is 0.340 e. The lowest BCUT2D eigenvalue weighted by atomic mass is 10.1. The number of halogens is 2. The molecule has 1 aromatic heterocycles. The Bertz CT molecular complexity index is 1710. The first-order valence-electron chi connectivity index (χ1n) is 15.5. The SMILES string of the molecule is [C-]#[N+]C1CN(C(=O)[C@@H]2CC[C@@H]3CCN(C(C)=O)C[C@H](NC(=O)c4cc5cc(C(F)(F)P(=O)(O)O)ccc5s4)C(=O)N32)CCN1C1CC1. The van der Waals surface area contributed by atoms with Gasteiger partial charge in [0.2, 0.25) is 17.7 Å². The van der Waals surface area contributed by atoms with E-state index in [1.54, 1.807) is 9.80 Å². The van der Waals surface area contributed by atoms with Gasteiger partial charge < -0.3 is 29.8 Å². The zero-order valence-corrected chi connectivity index (χ0v) is 27.3. The number of hydrogen-bond acceptors (Lipinski definition) is 7. The topological polar surface area (TPSA) is 155 Å². The summed E-state index contributed by atoms with van der Waals surface area (Å²) in [6.07, 6.45) is 3.09. The third kappa shape index (κ3) is 6.39. The molecule has 4 heterocycles. The van der Waals surface area contributed by atoms with E-state index in [2.05, 4.69) is 15.1 Å². The van der Waals surface area contributed by atoms with E-state index in [0.717, 1.165) is 36.3 Å². The minimum atomic E-state index is -5.80. The molecule has 17 heteroatoms. The lowest BCUT2D eigenvalue weighted by Crippen LogP contribution is -2.62. The molecule has 0 bridgehead atoms. The van der Waals surface area contributed by atoms with Crippen molar-refractivity contribution in [2.45, 2.75) is 75.0 Å². The molecule has 47 heavy (non-hydrogen) atoms. The number of fused-ring (bicyclic) bond motifs is 2. The van der Waals surface area contributed by atoms with Gasteiger partial charge in [0.25, 0.3) is 12.1 Å². The van der Waals surface area contributed by atoms with Crippen molar-refractivity contribution in [1.82, 2.24) is 24.9 Å². The second kappa shape index (κ2) is 12.5. The van der Waals surface area contributed by atoms with Gasteiger partial charge in [-0.05, 0) is 55.7 Å². The number of carbonyl (C=O) groups is 4. The largest absolute Gasteiger partial charge is 0.399 e. The summed E-state index contributed by atoms with van der Waals surface area (Å²) in [6.45, 7) is 10.5. The minimum Gasteiger partial charge on any atom is -0.340 e. The van der Waals surface area contributed by atoms with E-state index in [9.17, 15) is 32.5 Å². The first-order valence-corrected chi connectivity index (χ1v) is 17.9. The van der Waals surface area contributed by atoms with Crippen LogP contribution < -0.4 is 5.32 Å². The highest BCUT2D eigenvalue weighted by Crippen LogP contribution is 2.59. The first kappa shape index (κ1) is 33.4. The van der Waals surface area contributed by atoms with Gasteiger partial charge in [-0.3, -0.25) is 28.6 Å². The molecule has 3 saturated heterocycles. The Morgan fingerprint density at radius 2 is 1.74 bits per heavy atom. The van der Waals surface area contributed by atoms with Crippen molar-refractivity contribution in [3.63, 3.8) is 0 Å². The van der Waals surface area contributed by atoms with E-state index in [0.29, 0.717) is 49.6 Å². The van der Waals surface area contributed by atoms with Crippen LogP contribution in [0.1, 0.15) is 54.3 Å². The molecule has 3 N–H and O–H groups in total. The van der Waals surface area contributed by atoms with Crippen molar-refractivity contribution in [3.05, 3.63) is 46.1 Å². The zero-order valence-electron chi connectivity index (χ0n) is 25.6. The number of benzene rings is 1. The Morgan fingerprint density at radius 1 is 1.02 bits per heavy atom. The summed E-state index contributed by atoms with van der Waals surface area (Å²) in [4.78, 5) is 83.0. The van der Waals surface area contributed by atoms with Crippen LogP contribution in [0.5, 0.6) is 0 Å². The number of piperazine rings is 1. The van der Waals surface area contributed by atoms with Crippen LogP contribution in [0.4, 0.5) is 8.78 Å². The highest BCUT2D eigenvalue weighted by Gasteiger charge is 2.51. The van der Waals surface area contributed by atoms with Crippen molar-refractivity contribution in [2.24, 2.45) is 0 Å². The molecule has 1 saturated carbocycles. The van der Waals surface area contributed by atoms with Crippen LogP contribution in [-0.2, 0) is 24.6 Å². The summed E-state index contributed by atoms with van der Waals surface area (Å²) in [6, 6.07) is 2.41. The van der Waals surface area contributed by atoms with Gasteiger partial charge in [0.15, 0.2) is 0 Å². The van der Waals surface area contributed by atoms with Gasteiger partial charge in [0, 0.05) is 55.4 Å². The molecule has 4 fully saturated rings. The monoisotopic (exact) mass is 692 g/mol. The van der Waals surface area contributed by atoms with Crippen LogP contribution in [0, 0.1) is 6.57 Å². The molecule has 252 valence electrons. The van der Waals surface area contributed by atoms with Gasteiger partial charge in [0.05, 0.1) is 4.88 Å². The van der Waals surface area contributed by atoms with Crippen LogP contribution in [0.3, 0.4) is 0 Å². The molecule has 3 aliphatic heterocycles. The summed E-state index contributed by atoms with van der Waals surface area (Å²) < 4.78 is 40.4. The predicted octanol–water partition coefficient (Wildman–Crippen LogP) is 2.39. The van der Waals surface area contributed by atoms with Gasteiger partial charge in [-0.15, -0.1) is 11.3 Å². The molecule has 4 amide bonds. The summed E-state index contributed by atoms with van der Waals surface area (Å²) in [5, 5.41) is 2.86. The van der Waals surface area contributed by atoms with E-state index >= 15 is 0 Å². The van der Waals surface area contributed by atoms with Crippen LogP contribution >= 0.6 is 18.9 Å². The van der Waals surface area contributed by atoms with E-state index in [1.807, 2.05) is 0 Å². The van der Waals surface area contributed by atoms with Gasteiger partial charge in [-0.25, -0.2) is 11.5 Å². The maximum atomic E-state index is 14.3. The summed E-state index contributed by atoms with van der Waals surface area (Å²) in [7, 11) is -5.80. The number of hydrogen-bond donors (Lipinski definition) is 3. The third-order valence-electron chi connectivity index (χ3n) is 9.55. The molecular weight excluding hydrogens is 657 g/mol. The van der Waals surface area contributed by atoms with E-state index in [1.165, 1.54) is 24.0 Å². The Balaban J connectivity index is 1.23. The van der Waals surface area contributed by atoms with Gasteiger partial charge >= 0.3 is 13.3 Å². The summed E-state index contributed by atoms with van der Waals surface area (Å²) in [5.74, 6) is -1.72. The molecule has 4 aliphatic rings. The average Bonchev–Trinajstić information content (AvgIpc) is 3.64. The lowest BCUT2D eigenvalue weighted by Gasteiger charge is -2.41. The fourth-order valence-electron chi connectivity index (χ4n) is 6.89. The second-order valence-electron chi connectivity index (χ2n) is 12.6. The number of amides is 4. The molecule has 0 radical (unpaired) electrons. The van der Waals surface area contributed by atoms with E-state index in [-0.39, 0.29) is 41.2 Å². The number of thiophene rings is 1. The fraction of sp³-hybridized carbons (Fsp3) is 0.567. The molecular formula is C30H35F2N6O7PS. The maximum Gasteiger partial charge on any atom is 0.399 e. The summed E-state index contributed by atoms with van der Waals surface area (Å²) >= 11 is 0.946. The summed E-state index contributed by atoms with van der Waals surface area (Å²) in [5.41, 5.74) is -5.32. The lowest BCUT2D eigenvalue weighted by molar-refractivity contribution is -0.150. The number of nitrogens with one attached hydrogen (secondary N) is 1. The Kier molecular flexibility index (Phi) is 8.90. The molecule has 4 atom stereocenters. The standard InChI is InChI=1S/C30H35F2N6O7PS/c1-17(39)35-10-9-21-6-7-23(29(42)36-11-12-37(20-4-5-20)26(16-36)33-2)38(21)28(41)22(15-35)34-27(40)25-14-18-13-19(3-8-24(18)47-25)30(31,32)46(43,44)45/h3,8,13-14,20-23,26H,4-7,9-12,15-16H2,1H3,(H,34,40)(H2,43,44,45)/t21-,22+,23+,26?/m1/s1. The van der Waals surface area contributed by atoms with Gasteiger partial charge in [-0.1, -0.05) is 6.07 Å². The molecule has 2 aromatic rings. The Morgan fingerprint density at radius 3 is 2.40 bits per heavy atom. The number of rotatable bonds is 6. The van der Waals surface area contributed by atoms with Crippen molar-refractivity contribution >= 4 is 52.6 Å². The van der Waals surface area contributed by atoms with Gasteiger partial charge in [-0.2, -0.15) is 8.78 Å². The van der Waals surface area contributed by atoms with Crippen molar-refractivity contribution in [2.75, 3.05) is 32.7 Å². The number of alkyl halides is 2. The number of nitrogens with zero attached hydrogens (tertiary/aromatic N) is 5. The zero-order chi connectivity index (χ0) is 33.8. The van der Waals surface area contributed by atoms with E-state index < -0.39 is 48.9 Å². The van der Waals surface area contributed by atoms with E-state index in [4.69, 9.17) is 16.4 Å². The average molecular weight is 693 g/mol. The molecule has 1 unspecified atom stereocenters. The molecule has 13 nitrogen and oxygen atoms in total. The van der Waals surface area contributed by atoms with Crippen LogP contribution in [0.25, 0.3) is 14.9 Å². The highest BCUT2D eigenvalue weighted by molar-refractivity contribution is 7.52. The third-order valence-corrected chi connectivity index (χ3v) is 11.7.